The zero-order chi connectivity index (χ0) is 50.2. The van der Waals surface area contributed by atoms with E-state index < -0.39 is 26.5 Å². The minimum absolute atomic E-state index is 0.0300. The maximum Gasteiger partial charge on any atom is 0.306 e. The van der Waals surface area contributed by atoms with Gasteiger partial charge in [-0.15, -0.1) is 0 Å². The van der Waals surface area contributed by atoms with Crippen LogP contribution in [0.2, 0.25) is 0 Å². The van der Waals surface area contributed by atoms with Gasteiger partial charge >= 0.3 is 5.97 Å². The first-order valence-electron chi connectivity index (χ1n) is 28.8. The summed E-state index contributed by atoms with van der Waals surface area (Å²) in [7, 11) is -2.79. The number of hydrogen-bond donors (Lipinski definition) is 1. The van der Waals surface area contributed by atoms with Gasteiger partial charge in [0.1, 0.15) is 18.5 Å². The summed E-state index contributed by atoms with van der Waals surface area (Å²) in [5.41, 5.74) is 0. The minimum Gasteiger partial charge on any atom is -0.756 e. The number of ether oxygens (including phenoxy) is 1. The molecular weight excluding hydrogens is 878 g/mol. The largest absolute Gasteiger partial charge is 0.756 e. The molecule has 9 heteroatoms. The molecule has 0 aromatic rings. The molecule has 0 fully saturated rings. The van der Waals surface area contributed by atoms with Gasteiger partial charge in [-0.25, -0.2) is 0 Å². The van der Waals surface area contributed by atoms with Gasteiger partial charge in [-0.1, -0.05) is 230 Å². The number of rotatable bonds is 50. The lowest BCUT2D eigenvalue weighted by Gasteiger charge is -2.25. The average Bonchev–Trinajstić information content (AvgIpc) is 3.33. The number of unbranched alkanes of at least 4 members (excludes halogenated alkanes) is 36. The lowest BCUT2D eigenvalue weighted by atomic mass is 10.0. The fourth-order valence-electron chi connectivity index (χ4n) is 8.20. The van der Waals surface area contributed by atoms with E-state index in [1.165, 1.54) is 167 Å². The van der Waals surface area contributed by atoms with Crippen molar-refractivity contribution in [1.29, 1.82) is 0 Å². The molecular formula is C60H104NO7P. The van der Waals surface area contributed by atoms with Crippen LogP contribution in [-0.4, -0.2) is 44.7 Å². The molecule has 0 rings (SSSR count). The molecule has 0 saturated heterocycles. The van der Waals surface area contributed by atoms with Crippen LogP contribution in [-0.2, 0) is 27.9 Å². The Kier molecular flexibility index (Phi) is 52.8. The number of Topliss-reactive ketones (excluding diaryl/α,β-unsaturated/α-hetero) is 1. The second kappa shape index (κ2) is 54.8. The van der Waals surface area contributed by atoms with E-state index in [1.807, 2.05) is 0 Å². The number of carbonyl (C=O) groups excluding carboxylic acids is 2. The van der Waals surface area contributed by atoms with Crippen LogP contribution in [0, 0.1) is 47.4 Å². The van der Waals surface area contributed by atoms with E-state index in [2.05, 4.69) is 61.2 Å². The van der Waals surface area contributed by atoms with Gasteiger partial charge in [0.05, 0.1) is 20.2 Å². The molecule has 0 aromatic heterocycles. The van der Waals surface area contributed by atoms with Crippen molar-refractivity contribution in [3.05, 3.63) is 0 Å². The lowest BCUT2D eigenvalue weighted by Crippen LogP contribution is -2.80. The summed E-state index contributed by atoms with van der Waals surface area (Å²) in [5, 5.41) is 1.79. The SMILES string of the molecule is CCCCCCCCCCCCCCCCC#CC#CCCCCCCC(=O)CC(COP(=O)([O-])OCC[NH2+]C)OC(=O)CCCCCCC#CC#CCCCCCCCCCCCCCCCC. The zero-order valence-corrected chi connectivity index (χ0v) is 45.9. The van der Waals surface area contributed by atoms with Crippen molar-refractivity contribution >= 4 is 19.6 Å². The molecule has 0 aliphatic carbocycles. The first kappa shape index (κ1) is 66.5. The highest BCUT2D eigenvalue weighted by Gasteiger charge is 2.22. The quantitative estimate of drug-likeness (QED) is 0.0279. The smallest absolute Gasteiger partial charge is 0.306 e. The third kappa shape index (κ3) is 54.6. The summed E-state index contributed by atoms with van der Waals surface area (Å²) in [4.78, 5) is 37.9. The van der Waals surface area contributed by atoms with Crippen molar-refractivity contribution in [2.75, 3.05) is 26.8 Å². The Hall–Kier alpha value is -2.55. The molecule has 2 N–H and O–H groups in total. The van der Waals surface area contributed by atoms with Crippen LogP contribution in [0.5, 0.6) is 0 Å². The predicted molar refractivity (Wildman–Crippen MR) is 288 cm³/mol. The predicted octanol–water partition coefficient (Wildman–Crippen LogP) is 15.0. The number of hydrogen-bond acceptors (Lipinski definition) is 7. The number of likely N-dealkylation sites (N-methyl/N-ethyl adjacent to an activating group) is 1. The van der Waals surface area contributed by atoms with E-state index >= 15 is 0 Å². The molecule has 0 aromatic carbocycles. The van der Waals surface area contributed by atoms with Crippen LogP contribution < -0.4 is 10.2 Å². The number of carbonyl (C=O) groups is 2. The molecule has 2 unspecified atom stereocenters. The molecule has 396 valence electrons. The molecule has 0 bridgehead atoms. The van der Waals surface area contributed by atoms with Crippen molar-refractivity contribution in [2.45, 2.75) is 296 Å². The molecule has 69 heavy (non-hydrogen) atoms. The van der Waals surface area contributed by atoms with Crippen molar-refractivity contribution in [3.63, 3.8) is 0 Å². The summed E-state index contributed by atoms with van der Waals surface area (Å²) in [5.74, 6) is 24.1. The van der Waals surface area contributed by atoms with Gasteiger partial charge in [0.2, 0.25) is 0 Å². The Bertz CT molecular complexity index is 1390. The summed E-state index contributed by atoms with van der Waals surface area (Å²) in [6.07, 6.45) is 47.7. The van der Waals surface area contributed by atoms with E-state index in [0.29, 0.717) is 25.8 Å². The minimum atomic E-state index is -4.60. The number of nitrogens with two attached hydrogens (primary N) is 1. The van der Waals surface area contributed by atoms with Crippen LogP contribution in [0.25, 0.3) is 0 Å². The van der Waals surface area contributed by atoms with Gasteiger partial charge < -0.3 is 24.0 Å². The second-order valence-electron chi connectivity index (χ2n) is 19.4. The van der Waals surface area contributed by atoms with E-state index in [1.54, 1.807) is 12.4 Å². The van der Waals surface area contributed by atoms with E-state index in [0.717, 1.165) is 77.0 Å². The van der Waals surface area contributed by atoms with Crippen LogP contribution >= 0.6 is 7.82 Å². The normalized spacial score (nSPS) is 12.1. The third-order valence-electron chi connectivity index (χ3n) is 12.6. The number of phosphoric acid groups is 1. The Morgan fingerprint density at radius 1 is 0.464 bits per heavy atom. The summed E-state index contributed by atoms with van der Waals surface area (Å²) in [6, 6.07) is 0. The van der Waals surface area contributed by atoms with Gasteiger partial charge in [0.15, 0.2) is 0 Å². The molecule has 0 radical (unpaired) electrons. The highest BCUT2D eigenvalue weighted by Crippen LogP contribution is 2.38. The highest BCUT2D eigenvalue weighted by atomic mass is 31.2. The van der Waals surface area contributed by atoms with E-state index in [9.17, 15) is 19.0 Å². The van der Waals surface area contributed by atoms with Crippen LogP contribution in [0.15, 0.2) is 0 Å². The molecule has 0 aliphatic heterocycles. The number of esters is 1. The Balaban J connectivity index is 4.18. The fourth-order valence-corrected chi connectivity index (χ4v) is 8.95. The lowest BCUT2D eigenvalue weighted by molar-refractivity contribution is -0.627. The first-order valence-corrected chi connectivity index (χ1v) is 30.3. The number of phosphoric ester groups is 1. The van der Waals surface area contributed by atoms with Gasteiger partial charge in [-0.05, 0) is 62.2 Å². The fraction of sp³-hybridized carbons (Fsp3) is 0.833. The number of ketones is 1. The Labute approximate surface area is 426 Å². The van der Waals surface area contributed by atoms with Crippen LogP contribution in [0.3, 0.4) is 0 Å². The topological polar surface area (TPSA) is 119 Å². The van der Waals surface area contributed by atoms with Crippen molar-refractivity contribution in [1.82, 2.24) is 0 Å². The Morgan fingerprint density at radius 2 is 0.783 bits per heavy atom. The van der Waals surface area contributed by atoms with Crippen molar-refractivity contribution < 1.29 is 38.1 Å². The molecule has 0 aliphatic rings. The van der Waals surface area contributed by atoms with Crippen molar-refractivity contribution in [3.8, 4) is 47.4 Å². The van der Waals surface area contributed by atoms with E-state index in [4.69, 9.17) is 13.8 Å². The number of quaternary nitrogens is 1. The average molecular weight is 982 g/mol. The van der Waals surface area contributed by atoms with Gasteiger partial charge in [-0.2, -0.15) is 0 Å². The van der Waals surface area contributed by atoms with Crippen LogP contribution in [0.1, 0.15) is 290 Å². The van der Waals surface area contributed by atoms with Gasteiger partial charge in [-0.3, -0.25) is 14.2 Å². The highest BCUT2D eigenvalue weighted by molar-refractivity contribution is 7.45. The first-order chi connectivity index (χ1) is 33.8. The molecule has 2 atom stereocenters. The molecule has 0 saturated carbocycles. The second-order valence-corrected chi connectivity index (χ2v) is 20.8. The molecule has 8 nitrogen and oxygen atoms in total. The molecule has 0 spiro atoms. The van der Waals surface area contributed by atoms with E-state index in [-0.39, 0.29) is 25.2 Å². The van der Waals surface area contributed by atoms with Crippen LogP contribution in [0.4, 0.5) is 0 Å². The monoisotopic (exact) mass is 982 g/mol. The zero-order valence-electron chi connectivity index (χ0n) is 45.0. The molecule has 0 heterocycles. The maximum atomic E-state index is 12.9. The third-order valence-corrected chi connectivity index (χ3v) is 13.5. The molecule has 0 amide bonds. The van der Waals surface area contributed by atoms with Crippen molar-refractivity contribution in [2.24, 2.45) is 0 Å². The summed E-state index contributed by atoms with van der Waals surface area (Å²) >= 11 is 0. The Morgan fingerprint density at radius 3 is 1.13 bits per heavy atom. The summed E-state index contributed by atoms with van der Waals surface area (Å²) in [6.45, 7) is 4.52. The van der Waals surface area contributed by atoms with Gasteiger partial charge in [0, 0.05) is 44.9 Å². The maximum absolute atomic E-state index is 12.9. The summed E-state index contributed by atoms with van der Waals surface area (Å²) < 4.78 is 27.8. The standard InChI is InChI=1S/C60H104NO7P/c1-4-6-8-10-12-14-16-18-20-22-24-26-28-30-32-34-36-38-40-42-44-46-48-50-52-58(62)56-59(57-67-69(64,65)66-55-54-61-3)68-60(63)53-51-49-47-45-43-41-39-37-35-33-31-29-27-25-23-21-19-17-15-13-11-9-7-5-2/h59,61H,4-33,42-57H2,1-3H3,(H,64,65). The van der Waals surface area contributed by atoms with Gasteiger partial charge in [0.25, 0.3) is 7.82 Å².